The molecule has 10 heteroatoms. The van der Waals surface area contributed by atoms with Gasteiger partial charge in [0.25, 0.3) is 5.91 Å². The van der Waals surface area contributed by atoms with Gasteiger partial charge in [0, 0.05) is 11.1 Å². The Morgan fingerprint density at radius 1 is 1.09 bits per heavy atom. The number of nitrogens with one attached hydrogen (secondary N) is 2. The maximum atomic E-state index is 13.0. The Balaban J connectivity index is 1.74. The highest BCUT2D eigenvalue weighted by Gasteiger charge is 2.32. The fraction of sp³-hybridized carbons (Fsp3) is 0.304. The number of halogens is 3. The Labute approximate surface area is 193 Å². The molecule has 6 nitrogen and oxygen atoms in total. The molecular weight excluding hydrogens is 453 g/mol. The number of amides is 2. The van der Waals surface area contributed by atoms with Gasteiger partial charge in [-0.2, -0.15) is 13.2 Å². The zero-order valence-corrected chi connectivity index (χ0v) is 19.1. The zero-order valence-electron chi connectivity index (χ0n) is 18.2. The van der Waals surface area contributed by atoms with E-state index in [0.717, 1.165) is 29.3 Å². The van der Waals surface area contributed by atoms with Crippen LogP contribution in [0.15, 0.2) is 48.5 Å². The van der Waals surface area contributed by atoms with Crippen LogP contribution in [0, 0.1) is 12.8 Å². The van der Waals surface area contributed by atoms with E-state index in [1.54, 1.807) is 6.92 Å². The molecule has 33 heavy (non-hydrogen) atoms. The van der Waals surface area contributed by atoms with Crippen LogP contribution >= 0.6 is 11.3 Å². The third-order valence-corrected chi connectivity index (χ3v) is 6.08. The second kappa shape index (κ2) is 10.1. The van der Waals surface area contributed by atoms with E-state index in [4.69, 9.17) is 0 Å². The van der Waals surface area contributed by atoms with E-state index in [2.05, 4.69) is 20.8 Å². The van der Waals surface area contributed by atoms with E-state index in [-0.39, 0.29) is 16.6 Å². The van der Waals surface area contributed by atoms with Crippen molar-refractivity contribution in [3.8, 4) is 10.6 Å². The third kappa shape index (κ3) is 6.16. The van der Waals surface area contributed by atoms with Crippen molar-refractivity contribution in [3.05, 3.63) is 65.2 Å². The number of aryl methyl sites for hydroxylation is 1. The third-order valence-electron chi connectivity index (χ3n) is 5.19. The zero-order chi connectivity index (χ0) is 24.2. The van der Waals surface area contributed by atoms with Crippen molar-refractivity contribution in [1.29, 1.82) is 0 Å². The largest absolute Gasteiger partial charge is 0.416 e. The Bertz CT molecular complexity index is 1130. The highest BCUT2D eigenvalue weighted by molar-refractivity contribution is 7.18. The Kier molecular flexibility index (Phi) is 7.47. The highest BCUT2D eigenvalue weighted by atomic mass is 32.1. The molecule has 2 amide bonds. The first-order valence-electron chi connectivity index (χ1n) is 10.3. The lowest BCUT2D eigenvalue weighted by molar-refractivity contribution is -0.137. The molecule has 2 atom stereocenters. The molecule has 3 aromatic rings. The number of hydrogen-bond acceptors (Lipinski definition) is 5. The minimum Gasteiger partial charge on any atom is -0.340 e. The van der Waals surface area contributed by atoms with Crippen molar-refractivity contribution in [2.45, 2.75) is 39.4 Å². The van der Waals surface area contributed by atoms with Gasteiger partial charge in [-0.05, 0) is 31.0 Å². The summed E-state index contributed by atoms with van der Waals surface area (Å²) in [5.74, 6) is -1.56. The van der Waals surface area contributed by atoms with Crippen LogP contribution in [0.1, 0.15) is 41.8 Å². The highest BCUT2D eigenvalue weighted by Crippen LogP contribution is 2.30. The van der Waals surface area contributed by atoms with Gasteiger partial charge >= 0.3 is 6.18 Å². The van der Waals surface area contributed by atoms with Crippen molar-refractivity contribution < 1.29 is 22.8 Å². The minimum atomic E-state index is -4.57. The summed E-state index contributed by atoms with van der Waals surface area (Å²) < 4.78 is 39.0. The van der Waals surface area contributed by atoms with Crippen LogP contribution in [-0.2, 0) is 11.0 Å². The molecule has 0 radical (unpaired) electrons. The number of hydrogen-bond donors (Lipinski definition) is 2. The summed E-state index contributed by atoms with van der Waals surface area (Å²) in [6.45, 7) is 5.59. The number of carbonyl (C=O) groups is 2. The average molecular weight is 477 g/mol. The summed E-state index contributed by atoms with van der Waals surface area (Å²) >= 11 is 1.18. The molecule has 0 aliphatic heterocycles. The molecule has 0 aliphatic carbocycles. The smallest absolute Gasteiger partial charge is 0.340 e. The normalized spacial score (nSPS) is 13.3. The summed E-state index contributed by atoms with van der Waals surface area (Å²) in [5.41, 5.74) is 0.848. The number of rotatable bonds is 7. The van der Waals surface area contributed by atoms with Crippen LogP contribution in [0.4, 0.5) is 18.3 Å². The quantitative estimate of drug-likeness (QED) is 0.484. The SMILES string of the molecule is CC[C@@H](C)[C@@H](NC(=O)c1cccc(C(F)(F)F)c1)C(=O)Nc1nnc(-c2ccc(C)cc2)s1. The molecule has 3 rings (SSSR count). The predicted molar refractivity (Wildman–Crippen MR) is 121 cm³/mol. The van der Waals surface area contributed by atoms with Gasteiger partial charge in [-0.3, -0.25) is 14.9 Å². The number of alkyl halides is 3. The van der Waals surface area contributed by atoms with Crippen LogP contribution in [0.25, 0.3) is 10.6 Å². The topological polar surface area (TPSA) is 84.0 Å². The summed E-state index contributed by atoms with van der Waals surface area (Å²) in [5, 5.41) is 14.2. The molecule has 0 saturated heterocycles. The summed E-state index contributed by atoms with van der Waals surface area (Å²) in [4.78, 5) is 25.6. The summed E-state index contributed by atoms with van der Waals surface area (Å²) in [6, 6.07) is 10.8. The molecule has 0 spiro atoms. The lowest BCUT2D eigenvalue weighted by Crippen LogP contribution is -2.47. The van der Waals surface area contributed by atoms with Gasteiger partial charge in [0.05, 0.1) is 5.56 Å². The van der Waals surface area contributed by atoms with E-state index in [9.17, 15) is 22.8 Å². The summed E-state index contributed by atoms with van der Waals surface area (Å²) in [6.07, 6.45) is -4.01. The number of carbonyl (C=O) groups excluding carboxylic acids is 2. The maximum Gasteiger partial charge on any atom is 0.416 e. The van der Waals surface area contributed by atoms with Gasteiger partial charge in [0.15, 0.2) is 0 Å². The first kappa shape index (κ1) is 24.4. The van der Waals surface area contributed by atoms with Crippen molar-refractivity contribution in [1.82, 2.24) is 15.5 Å². The van der Waals surface area contributed by atoms with Gasteiger partial charge < -0.3 is 5.32 Å². The molecule has 1 heterocycles. The van der Waals surface area contributed by atoms with Crippen LogP contribution in [0.3, 0.4) is 0 Å². The van der Waals surface area contributed by atoms with Crippen LogP contribution in [0.5, 0.6) is 0 Å². The first-order chi connectivity index (χ1) is 15.6. The molecule has 0 unspecified atom stereocenters. The Morgan fingerprint density at radius 3 is 2.42 bits per heavy atom. The van der Waals surface area contributed by atoms with Gasteiger partial charge in [-0.1, -0.05) is 67.5 Å². The Morgan fingerprint density at radius 2 is 1.79 bits per heavy atom. The number of aromatic nitrogens is 2. The van der Waals surface area contributed by atoms with Crippen molar-refractivity contribution in [2.24, 2.45) is 5.92 Å². The van der Waals surface area contributed by atoms with Gasteiger partial charge in [-0.15, -0.1) is 10.2 Å². The molecule has 0 fully saturated rings. The van der Waals surface area contributed by atoms with E-state index >= 15 is 0 Å². The molecule has 0 bridgehead atoms. The Hall–Kier alpha value is -3.27. The average Bonchev–Trinajstić information content (AvgIpc) is 3.25. The second-order valence-corrected chi connectivity index (χ2v) is 8.66. The lowest BCUT2D eigenvalue weighted by Gasteiger charge is -2.23. The maximum absolute atomic E-state index is 13.0. The standard InChI is InChI=1S/C23H23F3N4O2S/c1-4-14(3)18(27-19(31)16-6-5-7-17(12-16)23(24,25)26)20(32)28-22-30-29-21(33-22)15-10-8-13(2)9-11-15/h5-12,14,18H,4H2,1-3H3,(H,27,31)(H,28,30,32)/t14-,18-/m1/s1. The molecular formula is C23H23F3N4O2S. The number of anilines is 1. The lowest BCUT2D eigenvalue weighted by atomic mass is 9.97. The van der Waals surface area contributed by atoms with Crippen molar-refractivity contribution in [3.63, 3.8) is 0 Å². The van der Waals surface area contributed by atoms with E-state index in [1.165, 1.54) is 17.4 Å². The molecule has 1 aromatic heterocycles. The molecule has 2 N–H and O–H groups in total. The second-order valence-electron chi connectivity index (χ2n) is 7.68. The van der Waals surface area contributed by atoms with E-state index in [0.29, 0.717) is 11.4 Å². The fourth-order valence-corrected chi connectivity index (χ4v) is 3.78. The van der Waals surface area contributed by atoms with Crippen LogP contribution < -0.4 is 10.6 Å². The first-order valence-corrected chi connectivity index (χ1v) is 11.1. The van der Waals surface area contributed by atoms with Gasteiger partial charge in [0.2, 0.25) is 11.0 Å². The van der Waals surface area contributed by atoms with Crippen LogP contribution in [-0.4, -0.2) is 28.1 Å². The monoisotopic (exact) mass is 476 g/mol. The van der Waals surface area contributed by atoms with E-state index < -0.39 is 29.6 Å². The van der Waals surface area contributed by atoms with Gasteiger partial charge in [-0.25, -0.2) is 0 Å². The summed E-state index contributed by atoms with van der Waals surface area (Å²) in [7, 11) is 0. The van der Waals surface area contributed by atoms with Crippen molar-refractivity contribution in [2.75, 3.05) is 5.32 Å². The van der Waals surface area contributed by atoms with Crippen molar-refractivity contribution >= 4 is 28.3 Å². The molecule has 0 aliphatic rings. The minimum absolute atomic E-state index is 0.177. The predicted octanol–water partition coefficient (Wildman–Crippen LogP) is 5.32. The van der Waals surface area contributed by atoms with E-state index in [1.807, 2.05) is 38.1 Å². The molecule has 2 aromatic carbocycles. The fourth-order valence-electron chi connectivity index (χ4n) is 3.03. The van der Waals surface area contributed by atoms with Gasteiger partial charge in [0.1, 0.15) is 11.0 Å². The molecule has 174 valence electrons. The molecule has 0 saturated carbocycles. The van der Waals surface area contributed by atoms with Crippen LogP contribution in [0.2, 0.25) is 0 Å². The number of benzene rings is 2. The number of nitrogens with zero attached hydrogens (tertiary/aromatic N) is 2.